The zero-order chi connectivity index (χ0) is 21.6. The maximum absolute atomic E-state index is 14.1. The van der Waals surface area contributed by atoms with Gasteiger partial charge in [-0.25, -0.2) is 4.39 Å². The van der Waals surface area contributed by atoms with Crippen LogP contribution in [-0.2, 0) is 4.79 Å². The van der Waals surface area contributed by atoms with Crippen LogP contribution in [0.25, 0.3) is 11.3 Å². The van der Waals surface area contributed by atoms with Gasteiger partial charge in [0, 0.05) is 45.6 Å². The minimum Gasteiger partial charge on any atom is -0.386 e. The van der Waals surface area contributed by atoms with Crippen molar-refractivity contribution in [3.05, 3.63) is 70.8 Å². The number of rotatable bonds is 7. The molecule has 7 heteroatoms. The highest BCUT2D eigenvalue weighted by molar-refractivity contribution is 5.94. The van der Waals surface area contributed by atoms with Crippen LogP contribution < -0.4 is 10.6 Å². The molecule has 2 rings (SSSR count). The molecule has 1 amide bonds. The summed E-state index contributed by atoms with van der Waals surface area (Å²) in [5, 5.41) is 5.37. The fraction of sp³-hybridized carbons (Fsp3) is 0.227. The van der Waals surface area contributed by atoms with Gasteiger partial charge in [0.05, 0.1) is 5.69 Å². The van der Waals surface area contributed by atoms with Crippen molar-refractivity contribution in [3.8, 4) is 0 Å². The summed E-state index contributed by atoms with van der Waals surface area (Å²) in [6, 6.07) is 6.57. The number of aryl methyl sites for hydroxylation is 1. The third-order valence-corrected chi connectivity index (χ3v) is 4.43. The monoisotopic (exact) mass is 396 g/mol. The predicted molar refractivity (Wildman–Crippen MR) is 114 cm³/mol. The fourth-order valence-electron chi connectivity index (χ4n) is 2.92. The summed E-state index contributed by atoms with van der Waals surface area (Å²) in [5.41, 5.74) is 4.19. The van der Waals surface area contributed by atoms with Crippen LogP contribution in [0.3, 0.4) is 0 Å². The molecule has 0 fully saturated rings. The smallest absolute Gasteiger partial charge is 0.269 e. The summed E-state index contributed by atoms with van der Waals surface area (Å²) in [4.78, 5) is 29.2. The van der Waals surface area contributed by atoms with Gasteiger partial charge in [-0.1, -0.05) is 0 Å². The SMILES string of the molecule is CNC(=O)c1cc(/C(=C/C(=C\C=O)c2cc(NC)c(F)cc2C)N(C)C)ccn1. The number of pyridine rings is 1. The van der Waals surface area contributed by atoms with Gasteiger partial charge in [0.1, 0.15) is 17.8 Å². The third-order valence-electron chi connectivity index (χ3n) is 4.43. The number of aldehydes is 1. The Balaban J connectivity index is 2.65. The minimum atomic E-state index is -0.361. The summed E-state index contributed by atoms with van der Waals surface area (Å²) in [6.45, 7) is 1.79. The van der Waals surface area contributed by atoms with E-state index in [2.05, 4.69) is 15.6 Å². The number of carbonyl (C=O) groups excluding carboxylic acids is 2. The molecule has 29 heavy (non-hydrogen) atoms. The minimum absolute atomic E-state index is 0.286. The van der Waals surface area contributed by atoms with Crippen LogP contribution in [0.1, 0.15) is 27.2 Å². The average molecular weight is 396 g/mol. The highest BCUT2D eigenvalue weighted by Crippen LogP contribution is 2.29. The number of anilines is 1. The van der Waals surface area contributed by atoms with Gasteiger partial charge in [-0.05, 0) is 60.0 Å². The number of halogens is 1. The van der Waals surface area contributed by atoms with Crippen LogP contribution >= 0.6 is 0 Å². The van der Waals surface area contributed by atoms with Crippen molar-refractivity contribution >= 4 is 29.2 Å². The molecular weight excluding hydrogens is 371 g/mol. The lowest BCUT2D eigenvalue weighted by Gasteiger charge is -2.20. The van der Waals surface area contributed by atoms with E-state index in [-0.39, 0.29) is 17.4 Å². The van der Waals surface area contributed by atoms with Crippen molar-refractivity contribution < 1.29 is 14.0 Å². The molecule has 0 unspecified atom stereocenters. The van der Waals surface area contributed by atoms with Crippen molar-refractivity contribution in [2.45, 2.75) is 6.92 Å². The molecule has 1 aromatic heterocycles. The number of allylic oxidation sites excluding steroid dienone is 3. The number of hydrogen-bond acceptors (Lipinski definition) is 5. The van der Waals surface area contributed by atoms with Crippen LogP contribution in [0.15, 0.2) is 42.6 Å². The van der Waals surface area contributed by atoms with E-state index < -0.39 is 0 Å². The number of nitrogens with zero attached hydrogens (tertiary/aromatic N) is 2. The second-order valence-electron chi connectivity index (χ2n) is 6.59. The van der Waals surface area contributed by atoms with Gasteiger partial charge in [0.25, 0.3) is 5.91 Å². The first-order valence-electron chi connectivity index (χ1n) is 9.03. The van der Waals surface area contributed by atoms with Crippen molar-refractivity contribution in [2.24, 2.45) is 0 Å². The van der Waals surface area contributed by atoms with Crippen molar-refractivity contribution in [1.82, 2.24) is 15.2 Å². The molecule has 0 aliphatic rings. The Hall–Kier alpha value is -3.48. The van der Waals surface area contributed by atoms with Crippen LogP contribution in [0.5, 0.6) is 0 Å². The summed E-state index contributed by atoms with van der Waals surface area (Å²) < 4.78 is 14.1. The molecule has 2 N–H and O–H groups in total. The number of aromatic nitrogens is 1. The number of benzene rings is 1. The molecule has 0 spiro atoms. The Labute approximate surface area is 170 Å². The normalized spacial score (nSPS) is 11.8. The topological polar surface area (TPSA) is 74.3 Å². The molecule has 6 nitrogen and oxygen atoms in total. The molecule has 1 heterocycles. The Morgan fingerprint density at radius 2 is 1.93 bits per heavy atom. The fourth-order valence-corrected chi connectivity index (χ4v) is 2.92. The van der Waals surface area contributed by atoms with Gasteiger partial charge in [0.15, 0.2) is 0 Å². The van der Waals surface area contributed by atoms with Gasteiger partial charge < -0.3 is 15.5 Å². The zero-order valence-electron chi connectivity index (χ0n) is 17.2. The third kappa shape index (κ3) is 5.07. The van der Waals surface area contributed by atoms with E-state index in [1.54, 1.807) is 45.4 Å². The molecule has 1 aromatic carbocycles. The van der Waals surface area contributed by atoms with E-state index in [9.17, 15) is 14.0 Å². The summed E-state index contributed by atoms with van der Waals surface area (Å²) in [5.74, 6) is -0.651. The maximum Gasteiger partial charge on any atom is 0.269 e. The number of carbonyl (C=O) groups is 2. The zero-order valence-corrected chi connectivity index (χ0v) is 17.2. The van der Waals surface area contributed by atoms with Crippen molar-refractivity contribution in [3.63, 3.8) is 0 Å². The molecule has 0 radical (unpaired) electrons. The van der Waals surface area contributed by atoms with Crippen LogP contribution in [0.2, 0.25) is 0 Å². The van der Waals surface area contributed by atoms with Crippen LogP contribution in [0, 0.1) is 12.7 Å². The summed E-state index contributed by atoms with van der Waals surface area (Å²) in [7, 11) is 6.90. The predicted octanol–water partition coefficient (Wildman–Crippen LogP) is 3.12. The second-order valence-corrected chi connectivity index (χ2v) is 6.59. The first-order valence-corrected chi connectivity index (χ1v) is 9.03. The number of amides is 1. The van der Waals surface area contributed by atoms with Gasteiger partial charge in [0.2, 0.25) is 0 Å². The van der Waals surface area contributed by atoms with Gasteiger partial charge in [-0.2, -0.15) is 0 Å². The maximum atomic E-state index is 14.1. The van der Waals surface area contributed by atoms with E-state index in [4.69, 9.17) is 0 Å². The van der Waals surface area contributed by atoms with E-state index in [1.165, 1.54) is 12.1 Å². The molecular formula is C22H25FN4O2. The first kappa shape index (κ1) is 21.8. The number of nitrogens with one attached hydrogen (secondary N) is 2. The number of hydrogen-bond donors (Lipinski definition) is 2. The van der Waals surface area contributed by atoms with E-state index in [0.717, 1.165) is 16.8 Å². The standard InChI is InChI=1S/C22H25FN4O2/c1-14-10-18(23)19(24-2)13-17(14)15(7-9-28)12-21(27(4)5)16-6-8-26-20(11-16)22(29)25-3/h6-13,24H,1-5H3,(H,25,29)/b15-7+,21-12-. The summed E-state index contributed by atoms with van der Waals surface area (Å²) in [6.07, 6.45) is 5.52. The van der Waals surface area contributed by atoms with Crippen molar-refractivity contribution in [1.29, 1.82) is 0 Å². The van der Waals surface area contributed by atoms with Gasteiger partial charge >= 0.3 is 0 Å². The Morgan fingerprint density at radius 3 is 2.52 bits per heavy atom. The molecule has 0 bridgehead atoms. The molecule has 0 aliphatic heterocycles. The Bertz CT molecular complexity index is 981. The van der Waals surface area contributed by atoms with E-state index >= 15 is 0 Å². The average Bonchev–Trinajstić information content (AvgIpc) is 2.70. The van der Waals surface area contributed by atoms with Gasteiger partial charge in [-0.3, -0.25) is 14.6 Å². The molecule has 0 aliphatic carbocycles. The first-order chi connectivity index (χ1) is 13.8. The molecule has 0 saturated carbocycles. The molecule has 152 valence electrons. The second kappa shape index (κ2) is 9.64. The van der Waals surface area contributed by atoms with E-state index in [1.807, 2.05) is 25.1 Å². The highest BCUT2D eigenvalue weighted by Gasteiger charge is 2.14. The highest BCUT2D eigenvalue weighted by atomic mass is 19.1. The van der Waals surface area contributed by atoms with Crippen LogP contribution in [0.4, 0.5) is 10.1 Å². The van der Waals surface area contributed by atoms with Crippen molar-refractivity contribution in [2.75, 3.05) is 33.5 Å². The van der Waals surface area contributed by atoms with Gasteiger partial charge in [-0.15, -0.1) is 0 Å². The Kier molecular flexibility index (Phi) is 7.25. The largest absolute Gasteiger partial charge is 0.386 e. The van der Waals surface area contributed by atoms with E-state index in [0.29, 0.717) is 23.1 Å². The lowest BCUT2D eigenvalue weighted by Crippen LogP contribution is -2.19. The molecule has 2 aromatic rings. The lowest BCUT2D eigenvalue weighted by atomic mass is 9.97. The van der Waals surface area contributed by atoms with Crippen LogP contribution in [-0.4, -0.2) is 50.3 Å². The Morgan fingerprint density at radius 1 is 1.21 bits per heavy atom. The molecule has 0 saturated heterocycles. The quantitative estimate of drug-likeness (QED) is 0.427. The summed E-state index contributed by atoms with van der Waals surface area (Å²) >= 11 is 0. The molecule has 0 atom stereocenters. The lowest BCUT2D eigenvalue weighted by molar-refractivity contribution is -0.104.